The van der Waals surface area contributed by atoms with Gasteiger partial charge in [0.2, 0.25) is 5.91 Å². The lowest BCUT2D eigenvalue weighted by molar-refractivity contribution is -0.384. The van der Waals surface area contributed by atoms with E-state index >= 15 is 0 Å². The van der Waals surface area contributed by atoms with Gasteiger partial charge in [-0.1, -0.05) is 19.8 Å². The maximum Gasteiger partial charge on any atom is 0.269 e. The molecule has 1 amide bonds. The summed E-state index contributed by atoms with van der Waals surface area (Å²) in [6.07, 6.45) is 4.69. The van der Waals surface area contributed by atoms with E-state index < -0.39 is 4.92 Å². The van der Waals surface area contributed by atoms with Crippen LogP contribution < -0.4 is 5.32 Å². The summed E-state index contributed by atoms with van der Waals surface area (Å²) < 4.78 is 0. The third-order valence-electron chi connectivity index (χ3n) is 3.88. The van der Waals surface area contributed by atoms with Crippen molar-refractivity contribution in [3.05, 3.63) is 34.4 Å². The Morgan fingerprint density at radius 1 is 1.33 bits per heavy atom. The number of hydrogen-bond acceptors (Lipinski definition) is 4. The first-order valence-electron chi connectivity index (χ1n) is 7.23. The highest BCUT2D eigenvalue weighted by Gasteiger charge is 2.22. The third-order valence-corrected chi connectivity index (χ3v) is 4.89. The highest BCUT2D eigenvalue weighted by Crippen LogP contribution is 2.24. The van der Waals surface area contributed by atoms with Crippen LogP contribution in [0, 0.1) is 16.0 Å². The van der Waals surface area contributed by atoms with Crippen molar-refractivity contribution in [1.82, 2.24) is 5.32 Å². The number of carbonyl (C=O) groups excluding carboxylic acids is 1. The predicted octanol–water partition coefficient (Wildman–Crippen LogP) is 3.38. The van der Waals surface area contributed by atoms with Gasteiger partial charge < -0.3 is 5.32 Å². The Hall–Kier alpha value is -1.56. The number of benzene rings is 1. The zero-order valence-electron chi connectivity index (χ0n) is 12.1. The molecule has 0 spiro atoms. The number of rotatable bonds is 5. The van der Waals surface area contributed by atoms with Gasteiger partial charge in [0, 0.05) is 23.1 Å². The van der Waals surface area contributed by atoms with Crippen molar-refractivity contribution < 1.29 is 9.72 Å². The second-order valence-corrected chi connectivity index (χ2v) is 6.52. The van der Waals surface area contributed by atoms with Gasteiger partial charge in [0.05, 0.1) is 10.7 Å². The van der Waals surface area contributed by atoms with Crippen molar-refractivity contribution in [1.29, 1.82) is 0 Å². The third kappa shape index (κ3) is 4.74. The van der Waals surface area contributed by atoms with E-state index in [1.165, 1.54) is 43.2 Å². The van der Waals surface area contributed by atoms with E-state index in [1.807, 2.05) is 0 Å². The molecule has 0 aliphatic heterocycles. The molecule has 0 radical (unpaired) electrons. The summed E-state index contributed by atoms with van der Waals surface area (Å²) in [5.41, 5.74) is 0.0693. The summed E-state index contributed by atoms with van der Waals surface area (Å²) >= 11 is 1.40. The van der Waals surface area contributed by atoms with Crippen molar-refractivity contribution in [2.24, 2.45) is 5.92 Å². The molecule has 0 bridgehead atoms. The van der Waals surface area contributed by atoms with Gasteiger partial charge in [0.15, 0.2) is 0 Å². The topological polar surface area (TPSA) is 72.2 Å². The molecule has 6 heteroatoms. The van der Waals surface area contributed by atoms with Crippen LogP contribution in [0.25, 0.3) is 0 Å². The highest BCUT2D eigenvalue weighted by atomic mass is 32.2. The Labute approximate surface area is 128 Å². The van der Waals surface area contributed by atoms with Crippen LogP contribution in [-0.2, 0) is 4.79 Å². The molecular weight excluding hydrogens is 288 g/mol. The molecule has 114 valence electrons. The Morgan fingerprint density at radius 3 is 2.62 bits per heavy atom. The maximum absolute atomic E-state index is 12.0. The fourth-order valence-corrected chi connectivity index (χ4v) is 3.30. The molecule has 2 rings (SSSR count). The summed E-state index contributed by atoms with van der Waals surface area (Å²) in [6, 6.07) is 6.58. The van der Waals surface area contributed by atoms with Crippen LogP contribution in [0.1, 0.15) is 32.6 Å². The molecule has 1 aliphatic carbocycles. The van der Waals surface area contributed by atoms with Gasteiger partial charge in [-0.25, -0.2) is 0 Å². The first-order chi connectivity index (χ1) is 10.1. The van der Waals surface area contributed by atoms with Crippen LogP contribution >= 0.6 is 11.8 Å². The number of amides is 1. The van der Waals surface area contributed by atoms with Gasteiger partial charge in [-0.2, -0.15) is 0 Å². The molecule has 1 saturated carbocycles. The lowest BCUT2D eigenvalue weighted by Gasteiger charge is -2.29. The summed E-state index contributed by atoms with van der Waals surface area (Å²) in [7, 11) is 0. The van der Waals surface area contributed by atoms with E-state index in [-0.39, 0.29) is 11.6 Å². The Kier molecular flexibility index (Phi) is 5.61. The minimum Gasteiger partial charge on any atom is -0.352 e. The highest BCUT2D eigenvalue weighted by molar-refractivity contribution is 8.00. The lowest BCUT2D eigenvalue weighted by atomic mass is 9.86. The maximum atomic E-state index is 12.0. The average molecular weight is 308 g/mol. The number of nitrogens with one attached hydrogen (secondary N) is 1. The van der Waals surface area contributed by atoms with Gasteiger partial charge in [-0.3, -0.25) is 14.9 Å². The van der Waals surface area contributed by atoms with E-state index in [4.69, 9.17) is 0 Å². The summed E-state index contributed by atoms with van der Waals surface area (Å²) in [5.74, 6) is 0.935. The van der Waals surface area contributed by atoms with E-state index in [2.05, 4.69) is 12.2 Å². The largest absolute Gasteiger partial charge is 0.352 e. The fourth-order valence-electron chi connectivity index (χ4n) is 2.59. The zero-order valence-corrected chi connectivity index (χ0v) is 12.9. The lowest BCUT2D eigenvalue weighted by Crippen LogP contribution is -2.41. The van der Waals surface area contributed by atoms with Crippen LogP contribution in [-0.4, -0.2) is 22.6 Å². The monoisotopic (exact) mass is 308 g/mol. The van der Waals surface area contributed by atoms with Crippen LogP contribution in [0.4, 0.5) is 5.69 Å². The van der Waals surface area contributed by atoms with Gasteiger partial charge in [-0.15, -0.1) is 11.8 Å². The van der Waals surface area contributed by atoms with E-state index in [1.54, 1.807) is 12.1 Å². The number of carbonyl (C=O) groups is 1. The first-order valence-corrected chi connectivity index (χ1v) is 8.21. The molecule has 1 aromatic rings. The second-order valence-electron chi connectivity index (χ2n) is 5.48. The Balaban J connectivity index is 1.79. The molecule has 5 nitrogen and oxygen atoms in total. The van der Waals surface area contributed by atoms with Crippen molar-refractivity contribution in [2.45, 2.75) is 43.5 Å². The molecule has 1 fully saturated rings. The number of thioether (sulfide) groups is 1. The molecule has 0 aromatic heterocycles. The smallest absolute Gasteiger partial charge is 0.269 e. The molecule has 1 aromatic carbocycles. The summed E-state index contributed by atoms with van der Waals surface area (Å²) in [4.78, 5) is 23.0. The van der Waals surface area contributed by atoms with Gasteiger partial charge >= 0.3 is 0 Å². The molecule has 0 unspecified atom stereocenters. The van der Waals surface area contributed by atoms with Crippen LogP contribution in [0.3, 0.4) is 0 Å². The number of non-ortho nitro benzene ring substituents is 1. The van der Waals surface area contributed by atoms with E-state index in [9.17, 15) is 14.9 Å². The van der Waals surface area contributed by atoms with Crippen LogP contribution in [0.15, 0.2) is 29.2 Å². The second kappa shape index (κ2) is 7.45. The summed E-state index contributed by atoms with van der Waals surface area (Å²) in [5, 5.41) is 13.7. The van der Waals surface area contributed by atoms with Crippen LogP contribution in [0.5, 0.6) is 0 Å². The summed E-state index contributed by atoms with van der Waals surface area (Å²) in [6.45, 7) is 2.19. The van der Waals surface area contributed by atoms with Crippen molar-refractivity contribution in [3.8, 4) is 0 Å². The molecule has 0 heterocycles. The fraction of sp³-hybridized carbons (Fsp3) is 0.533. The SMILES string of the molecule is C[C@H]1CCCC[C@H]1NC(=O)CSc1ccc([N+](=O)[O-])cc1. The molecule has 1 aliphatic rings. The van der Waals surface area contributed by atoms with Crippen LogP contribution in [0.2, 0.25) is 0 Å². The van der Waals surface area contributed by atoms with E-state index in [0.29, 0.717) is 17.7 Å². The molecular formula is C15H20N2O3S. The van der Waals surface area contributed by atoms with Crippen molar-refractivity contribution in [2.75, 3.05) is 5.75 Å². The van der Waals surface area contributed by atoms with Crippen molar-refractivity contribution >= 4 is 23.4 Å². The molecule has 1 N–H and O–H groups in total. The number of nitro benzene ring substituents is 1. The normalized spacial score (nSPS) is 21.8. The van der Waals surface area contributed by atoms with Gasteiger partial charge in [0.25, 0.3) is 5.69 Å². The van der Waals surface area contributed by atoms with Gasteiger partial charge in [-0.05, 0) is 30.9 Å². The Morgan fingerprint density at radius 2 is 2.00 bits per heavy atom. The van der Waals surface area contributed by atoms with Crippen molar-refractivity contribution in [3.63, 3.8) is 0 Å². The number of hydrogen-bond donors (Lipinski definition) is 1. The standard InChI is InChI=1S/C15H20N2O3S/c1-11-4-2-3-5-14(11)16-15(18)10-21-13-8-6-12(7-9-13)17(19)20/h6-9,11,14H,2-5,10H2,1H3,(H,16,18)/t11-,14+/m0/s1. The predicted molar refractivity (Wildman–Crippen MR) is 83.4 cm³/mol. The van der Waals surface area contributed by atoms with E-state index in [0.717, 1.165) is 11.3 Å². The van der Waals surface area contributed by atoms with Gasteiger partial charge in [0.1, 0.15) is 0 Å². The molecule has 0 saturated heterocycles. The minimum atomic E-state index is -0.425. The zero-order chi connectivity index (χ0) is 15.2. The number of nitro groups is 1. The number of nitrogens with zero attached hydrogens (tertiary/aromatic N) is 1. The quantitative estimate of drug-likeness (QED) is 0.514. The molecule has 2 atom stereocenters. The Bertz CT molecular complexity index is 504. The minimum absolute atomic E-state index is 0.0390. The first kappa shape index (κ1) is 15.8. The average Bonchev–Trinajstić information content (AvgIpc) is 2.48. The molecule has 21 heavy (non-hydrogen) atoms.